The van der Waals surface area contributed by atoms with E-state index in [2.05, 4.69) is 5.16 Å². The highest BCUT2D eigenvalue weighted by molar-refractivity contribution is 5.76. The third kappa shape index (κ3) is 5.10. The lowest BCUT2D eigenvalue weighted by molar-refractivity contribution is -0.159. The van der Waals surface area contributed by atoms with Crippen molar-refractivity contribution in [3.05, 3.63) is 47.7 Å². The number of aromatic nitrogens is 1. The van der Waals surface area contributed by atoms with Crippen molar-refractivity contribution >= 4 is 5.97 Å². The number of carbonyl (C=O) groups is 1. The molecule has 0 radical (unpaired) electrons. The summed E-state index contributed by atoms with van der Waals surface area (Å²) in [6, 6.07) is 11.4. The molecule has 6 nitrogen and oxygen atoms in total. The third-order valence-electron chi connectivity index (χ3n) is 3.22. The predicted octanol–water partition coefficient (Wildman–Crippen LogP) is 2.97. The second kappa shape index (κ2) is 7.78. The van der Waals surface area contributed by atoms with Crippen LogP contribution in [0.3, 0.4) is 0 Å². The number of esters is 1. The summed E-state index contributed by atoms with van der Waals surface area (Å²) in [5, 5.41) is 3.64. The molecule has 0 spiro atoms. The minimum atomic E-state index is -0.751. The summed E-state index contributed by atoms with van der Waals surface area (Å²) in [5.74, 6) is 0.415. The first-order valence-electron chi connectivity index (χ1n) is 7.30. The lowest BCUT2D eigenvalue weighted by Gasteiger charge is -2.22. The minimum Gasteiger partial charge on any atom is -0.479 e. The Morgan fingerprint density at radius 1 is 1.22 bits per heavy atom. The van der Waals surface area contributed by atoms with E-state index in [1.54, 1.807) is 19.9 Å². The average molecular weight is 319 g/mol. The Balaban J connectivity index is 1.77. The molecule has 0 saturated carbocycles. The van der Waals surface area contributed by atoms with E-state index >= 15 is 0 Å². The van der Waals surface area contributed by atoms with Gasteiger partial charge in [0, 0.05) is 6.07 Å². The Kier molecular flexibility index (Phi) is 5.76. The highest BCUT2D eigenvalue weighted by Gasteiger charge is 2.30. The van der Waals surface area contributed by atoms with Crippen LogP contribution in [0.5, 0.6) is 5.88 Å². The second-order valence-corrected chi connectivity index (χ2v) is 5.77. The first-order chi connectivity index (χ1) is 11.0. The predicted molar refractivity (Wildman–Crippen MR) is 82.7 cm³/mol. The molecule has 1 aromatic heterocycles. The van der Waals surface area contributed by atoms with Crippen molar-refractivity contribution in [2.75, 3.05) is 13.7 Å². The van der Waals surface area contributed by atoms with Gasteiger partial charge in [0.05, 0.1) is 25.7 Å². The van der Waals surface area contributed by atoms with E-state index in [4.69, 9.17) is 18.7 Å². The average Bonchev–Trinajstić information content (AvgIpc) is 3.01. The maximum Gasteiger partial charge on any atom is 0.314 e. The van der Waals surface area contributed by atoms with Crippen LogP contribution in [-0.4, -0.2) is 24.8 Å². The Morgan fingerprint density at radius 2 is 1.96 bits per heavy atom. The molecule has 0 aliphatic rings. The van der Waals surface area contributed by atoms with Gasteiger partial charge in [0.2, 0.25) is 0 Å². The van der Waals surface area contributed by atoms with Crippen molar-refractivity contribution in [1.82, 2.24) is 5.16 Å². The van der Waals surface area contributed by atoms with Crippen LogP contribution < -0.4 is 4.74 Å². The lowest BCUT2D eigenvalue weighted by Crippen LogP contribution is -2.31. The lowest BCUT2D eigenvalue weighted by atomic mass is 9.95. The van der Waals surface area contributed by atoms with Crippen LogP contribution >= 0.6 is 0 Å². The SMILES string of the molecule is COc1cc(COC(=O)C(C)(C)COCc2ccccc2)on1. The molecule has 124 valence electrons. The van der Waals surface area contributed by atoms with Crippen LogP contribution in [0.2, 0.25) is 0 Å². The van der Waals surface area contributed by atoms with Crippen molar-refractivity contribution in [2.45, 2.75) is 27.1 Å². The molecule has 2 rings (SSSR count). The maximum atomic E-state index is 12.2. The number of rotatable bonds is 8. The summed E-state index contributed by atoms with van der Waals surface area (Å²) in [5.41, 5.74) is 0.309. The van der Waals surface area contributed by atoms with Crippen molar-refractivity contribution in [1.29, 1.82) is 0 Å². The first-order valence-corrected chi connectivity index (χ1v) is 7.30. The molecular weight excluding hydrogens is 298 g/mol. The molecular formula is C17H21NO5. The fraction of sp³-hybridized carbons (Fsp3) is 0.412. The molecule has 0 aliphatic heterocycles. The zero-order valence-corrected chi connectivity index (χ0v) is 13.6. The zero-order valence-electron chi connectivity index (χ0n) is 13.6. The van der Waals surface area contributed by atoms with Gasteiger partial charge in [-0.3, -0.25) is 4.79 Å². The van der Waals surface area contributed by atoms with Crippen molar-refractivity contribution in [2.24, 2.45) is 5.41 Å². The summed E-state index contributed by atoms with van der Waals surface area (Å²) in [6.45, 7) is 4.29. The second-order valence-electron chi connectivity index (χ2n) is 5.77. The molecule has 0 saturated heterocycles. The molecule has 1 heterocycles. The monoisotopic (exact) mass is 319 g/mol. The molecule has 0 amide bonds. The quantitative estimate of drug-likeness (QED) is 0.697. The van der Waals surface area contributed by atoms with E-state index in [0.29, 0.717) is 18.2 Å². The largest absolute Gasteiger partial charge is 0.479 e. The van der Waals surface area contributed by atoms with E-state index in [9.17, 15) is 4.79 Å². The van der Waals surface area contributed by atoms with Gasteiger partial charge in [-0.05, 0) is 24.6 Å². The van der Waals surface area contributed by atoms with Crippen LogP contribution in [0, 0.1) is 5.41 Å². The third-order valence-corrected chi connectivity index (χ3v) is 3.22. The number of methoxy groups -OCH3 is 1. The fourth-order valence-corrected chi connectivity index (χ4v) is 1.85. The zero-order chi connectivity index (χ0) is 16.7. The molecule has 2 aromatic rings. The number of hydrogen-bond donors (Lipinski definition) is 0. The number of ether oxygens (including phenoxy) is 3. The van der Waals surface area contributed by atoms with Gasteiger partial charge in [0.1, 0.15) is 0 Å². The Labute approximate surface area is 135 Å². The molecule has 1 aromatic carbocycles. The van der Waals surface area contributed by atoms with Gasteiger partial charge >= 0.3 is 5.97 Å². The Bertz CT molecular complexity index is 621. The summed E-state index contributed by atoms with van der Waals surface area (Å²) in [7, 11) is 1.49. The normalized spacial score (nSPS) is 11.3. The molecule has 0 N–H and O–H groups in total. The van der Waals surface area contributed by atoms with Gasteiger partial charge in [-0.2, -0.15) is 0 Å². The van der Waals surface area contributed by atoms with Gasteiger partial charge in [-0.15, -0.1) is 0 Å². The number of nitrogens with zero attached hydrogens (tertiary/aromatic N) is 1. The van der Waals surface area contributed by atoms with E-state index < -0.39 is 5.41 Å². The van der Waals surface area contributed by atoms with Crippen LogP contribution in [-0.2, 0) is 27.5 Å². The van der Waals surface area contributed by atoms with Crippen molar-refractivity contribution in [3.8, 4) is 5.88 Å². The van der Waals surface area contributed by atoms with Gasteiger partial charge < -0.3 is 18.7 Å². The molecule has 0 aliphatic carbocycles. The van der Waals surface area contributed by atoms with Gasteiger partial charge in [0.25, 0.3) is 5.88 Å². The maximum absolute atomic E-state index is 12.2. The van der Waals surface area contributed by atoms with Gasteiger partial charge in [-0.1, -0.05) is 30.3 Å². The van der Waals surface area contributed by atoms with Crippen LogP contribution in [0.25, 0.3) is 0 Å². The van der Waals surface area contributed by atoms with Crippen LogP contribution in [0.1, 0.15) is 25.2 Å². The Hall–Kier alpha value is -2.34. The standard InChI is InChI=1S/C17H21NO5/c1-17(2,12-21-10-13-7-5-4-6-8-13)16(19)22-11-14-9-15(20-3)18-23-14/h4-9H,10-12H2,1-3H3. The molecule has 0 unspecified atom stereocenters. The summed E-state index contributed by atoms with van der Waals surface area (Å²) < 4.78 is 20.7. The smallest absolute Gasteiger partial charge is 0.314 e. The van der Waals surface area contributed by atoms with E-state index in [1.807, 2.05) is 30.3 Å². The number of benzene rings is 1. The molecule has 23 heavy (non-hydrogen) atoms. The minimum absolute atomic E-state index is 0.0112. The first kappa shape index (κ1) is 17.0. The van der Waals surface area contributed by atoms with Crippen LogP contribution in [0.4, 0.5) is 0 Å². The summed E-state index contributed by atoms with van der Waals surface area (Å²) in [4.78, 5) is 12.2. The fourth-order valence-electron chi connectivity index (χ4n) is 1.85. The highest BCUT2D eigenvalue weighted by Crippen LogP contribution is 2.20. The number of hydrogen-bond acceptors (Lipinski definition) is 6. The van der Waals surface area contributed by atoms with E-state index in [0.717, 1.165) is 5.56 Å². The van der Waals surface area contributed by atoms with Crippen molar-refractivity contribution < 1.29 is 23.5 Å². The molecule has 6 heteroatoms. The highest BCUT2D eigenvalue weighted by atomic mass is 16.6. The van der Waals surface area contributed by atoms with E-state index in [-0.39, 0.29) is 19.2 Å². The molecule has 0 fully saturated rings. The van der Waals surface area contributed by atoms with Gasteiger partial charge in [-0.25, -0.2) is 0 Å². The molecule has 0 atom stereocenters. The Morgan fingerprint density at radius 3 is 2.61 bits per heavy atom. The summed E-state index contributed by atoms with van der Waals surface area (Å²) >= 11 is 0. The van der Waals surface area contributed by atoms with Crippen molar-refractivity contribution in [3.63, 3.8) is 0 Å². The molecule has 0 bridgehead atoms. The van der Waals surface area contributed by atoms with Gasteiger partial charge in [0.15, 0.2) is 12.4 Å². The van der Waals surface area contributed by atoms with E-state index in [1.165, 1.54) is 7.11 Å². The topological polar surface area (TPSA) is 70.8 Å². The number of carbonyl (C=O) groups excluding carboxylic acids is 1. The summed E-state index contributed by atoms with van der Waals surface area (Å²) in [6.07, 6.45) is 0. The van der Waals surface area contributed by atoms with Crippen LogP contribution in [0.15, 0.2) is 40.9 Å².